The lowest BCUT2D eigenvalue weighted by molar-refractivity contribution is -0.118. The van der Waals surface area contributed by atoms with Crippen molar-refractivity contribution in [3.63, 3.8) is 0 Å². The van der Waals surface area contributed by atoms with Crippen molar-refractivity contribution in [3.8, 4) is 11.5 Å². The molecule has 2 heterocycles. The van der Waals surface area contributed by atoms with Crippen LogP contribution in [0.2, 0.25) is 0 Å². The van der Waals surface area contributed by atoms with Crippen molar-refractivity contribution in [3.05, 3.63) is 35.4 Å². The van der Waals surface area contributed by atoms with E-state index in [1.807, 2.05) is 18.2 Å². The molecule has 1 N–H and O–H groups in total. The second-order valence-electron chi connectivity index (χ2n) is 6.27. The smallest absolute Gasteiger partial charge is 0.210 e. The van der Waals surface area contributed by atoms with Gasteiger partial charge in [0.25, 0.3) is 0 Å². The molecule has 1 aromatic rings. The summed E-state index contributed by atoms with van der Waals surface area (Å²) in [6.45, 7) is 1.27. The Kier molecular flexibility index (Phi) is 2.94. The average molecular weight is 301 g/mol. The van der Waals surface area contributed by atoms with Gasteiger partial charge in [0.05, 0.1) is 18.6 Å². The largest absolute Gasteiger partial charge is 0.493 e. The number of benzene rings is 1. The number of hydrogen-bond donors (Lipinski definition) is 1. The zero-order chi connectivity index (χ0) is 15.3. The summed E-state index contributed by atoms with van der Waals surface area (Å²) in [5.74, 6) is 1.49. The molecule has 0 bridgehead atoms. The van der Waals surface area contributed by atoms with Gasteiger partial charge >= 0.3 is 0 Å². The Morgan fingerprint density at radius 1 is 1.50 bits per heavy atom. The second-order valence-corrected chi connectivity index (χ2v) is 6.27. The maximum Gasteiger partial charge on any atom is 0.210 e. The maximum absolute atomic E-state index is 11.3. The number of ether oxygens (including phenoxy) is 2. The topological polar surface area (TPSA) is 59.0 Å². The van der Waals surface area contributed by atoms with Crippen molar-refractivity contribution in [1.29, 1.82) is 0 Å². The van der Waals surface area contributed by atoms with E-state index in [-0.39, 0.29) is 11.5 Å². The van der Waals surface area contributed by atoms with Gasteiger partial charge in [-0.2, -0.15) is 0 Å². The van der Waals surface area contributed by atoms with Gasteiger partial charge in [-0.3, -0.25) is 4.79 Å². The van der Waals surface area contributed by atoms with Gasteiger partial charge in [0, 0.05) is 25.1 Å². The number of nitrogens with zero attached hydrogens (tertiary/aromatic N) is 1. The molecule has 1 amide bonds. The van der Waals surface area contributed by atoms with Gasteiger partial charge in [-0.25, -0.2) is 0 Å². The molecule has 22 heavy (non-hydrogen) atoms. The summed E-state index contributed by atoms with van der Waals surface area (Å²) in [6.07, 6.45) is 5.62. The molecule has 5 heteroatoms. The first kappa shape index (κ1) is 13.6. The van der Waals surface area contributed by atoms with E-state index in [0.717, 1.165) is 35.5 Å². The predicted molar refractivity (Wildman–Crippen MR) is 79.9 cm³/mol. The van der Waals surface area contributed by atoms with E-state index in [2.05, 4.69) is 6.08 Å². The summed E-state index contributed by atoms with van der Waals surface area (Å²) < 4.78 is 11.7. The van der Waals surface area contributed by atoms with E-state index in [4.69, 9.17) is 9.47 Å². The van der Waals surface area contributed by atoms with Gasteiger partial charge in [-0.1, -0.05) is 18.2 Å². The average Bonchev–Trinajstić information content (AvgIpc) is 2.76. The number of carbonyl (C=O) groups is 1. The van der Waals surface area contributed by atoms with Crippen molar-refractivity contribution in [2.45, 2.75) is 37.0 Å². The summed E-state index contributed by atoms with van der Waals surface area (Å²) in [7, 11) is 1.63. The summed E-state index contributed by atoms with van der Waals surface area (Å²) in [4.78, 5) is 13.1. The van der Waals surface area contributed by atoms with Gasteiger partial charge in [0.2, 0.25) is 6.41 Å². The number of rotatable bonds is 2. The molecule has 5 nitrogen and oxygen atoms in total. The quantitative estimate of drug-likeness (QED) is 0.662. The fourth-order valence-corrected chi connectivity index (χ4v) is 4.05. The molecule has 2 aliphatic heterocycles. The Labute approximate surface area is 129 Å². The molecule has 0 saturated heterocycles. The Hall–Kier alpha value is -2.01. The molecule has 3 atom stereocenters. The van der Waals surface area contributed by atoms with Gasteiger partial charge < -0.3 is 19.5 Å². The standard InChI is InChI=1S/C17H19NO4/c1-21-13-3-2-11-9-18(10-19)7-6-17-5-4-12(20)8-14(17)22-16(13)15(11)17/h2-5,10,12,14,20H,6-9H2,1H3/t12-,14+,17+/m1/s1. The first-order valence-electron chi connectivity index (χ1n) is 7.62. The van der Waals surface area contributed by atoms with Crippen LogP contribution in [-0.2, 0) is 16.8 Å². The third kappa shape index (κ3) is 1.72. The van der Waals surface area contributed by atoms with E-state index >= 15 is 0 Å². The number of methoxy groups -OCH3 is 1. The maximum atomic E-state index is 11.3. The van der Waals surface area contributed by atoms with Crippen LogP contribution in [-0.4, -0.2) is 42.3 Å². The number of hydrogen-bond acceptors (Lipinski definition) is 4. The highest BCUT2D eigenvalue weighted by atomic mass is 16.5. The molecule has 0 unspecified atom stereocenters. The molecule has 3 aliphatic rings. The van der Waals surface area contributed by atoms with E-state index in [1.54, 1.807) is 12.0 Å². The molecular weight excluding hydrogens is 282 g/mol. The van der Waals surface area contributed by atoms with Crippen LogP contribution in [0.3, 0.4) is 0 Å². The molecule has 1 aromatic carbocycles. The highest BCUT2D eigenvalue weighted by Gasteiger charge is 2.52. The number of aliphatic hydroxyl groups is 1. The Bertz CT molecular complexity index is 656. The van der Waals surface area contributed by atoms with Crippen LogP contribution in [0.4, 0.5) is 0 Å². The number of aliphatic hydroxyl groups excluding tert-OH is 1. The highest BCUT2D eigenvalue weighted by Crippen LogP contribution is 2.55. The minimum absolute atomic E-state index is 0.107. The van der Waals surface area contributed by atoms with E-state index in [0.29, 0.717) is 19.5 Å². The minimum Gasteiger partial charge on any atom is -0.493 e. The number of carbonyl (C=O) groups excluding carboxylic acids is 1. The Morgan fingerprint density at radius 2 is 2.36 bits per heavy atom. The lowest BCUT2D eigenvalue weighted by atomic mass is 9.69. The Morgan fingerprint density at radius 3 is 3.14 bits per heavy atom. The zero-order valence-corrected chi connectivity index (χ0v) is 12.5. The van der Waals surface area contributed by atoms with Crippen molar-refractivity contribution >= 4 is 6.41 Å². The molecule has 0 radical (unpaired) electrons. The molecule has 0 saturated carbocycles. The first-order chi connectivity index (χ1) is 10.7. The summed E-state index contributed by atoms with van der Waals surface area (Å²) in [5.41, 5.74) is 1.96. The zero-order valence-electron chi connectivity index (χ0n) is 12.5. The molecule has 1 aliphatic carbocycles. The van der Waals surface area contributed by atoms with Gasteiger partial charge in [-0.05, 0) is 18.1 Å². The second kappa shape index (κ2) is 4.74. The lowest BCUT2D eigenvalue weighted by Gasteiger charge is -2.35. The fraction of sp³-hybridized carbons (Fsp3) is 0.471. The lowest BCUT2D eigenvalue weighted by Crippen LogP contribution is -2.42. The van der Waals surface area contributed by atoms with E-state index < -0.39 is 6.10 Å². The SMILES string of the molecule is COc1ccc2c3c1O[C@H]1C[C@H](O)C=C[C@@]31CCN(C=O)C2. The first-order valence-corrected chi connectivity index (χ1v) is 7.62. The van der Waals surface area contributed by atoms with E-state index in [9.17, 15) is 9.90 Å². The predicted octanol–water partition coefficient (Wildman–Crippen LogP) is 1.38. The summed E-state index contributed by atoms with van der Waals surface area (Å²) in [5, 5.41) is 9.96. The third-order valence-corrected chi connectivity index (χ3v) is 5.13. The van der Waals surface area contributed by atoms with Gasteiger partial charge in [0.15, 0.2) is 11.5 Å². The van der Waals surface area contributed by atoms with Crippen molar-refractivity contribution in [2.24, 2.45) is 0 Å². The van der Waals surface area contributed by atoms with Crippen LogP contribution >= 0.6 is 0 Å². The van der Waals surface area contributed by atoms with Crippen molar-refractivity contribution in [2.75, 3.05) is 13.7 Å². The van der Waals surface area contributed by atoms with Gasteiger partial charge in [-0.15, -0.1) is 0 Å². The molecule has 116 valence electrons. The van der Waals surface area contributed by atoms with Crippen LogP contribution in [0, 0.1) is 0 Å². The Balaban J connectivity index is 1.94. The monoisotopic (exact) mass is 301 g/mol. The van der Waals surface area contributed by atoms with Crippen LogP contribution < -0.4 is 9.47 Å². The third-order valence-electron chi connectivity index (χ3n) is 5.13. The summed E-state index contributed by atoms with van der Waals surface area (Å²) in [6, 6.07) is 3.92. The van der Waals surface area contributed by atoms with Crippen LogP contribution in [0.25, 0.3) is 0 Å². The highest BCUT2D eigenvalue weighted by molar-refractivity contribution is 5.62. The minimum atomic E-state index is -0.482. The van der Waals surface area contributed by atoms with Crippen molar-refractivity contribution < 1.29 is 19.4 Å². The molecule has 1 spiro atoms. The molecule has 0 fully saturated rings. The molecule has 0 aromatic heterocycles. The van der Waals surface area contributed by atoms with Crippen LogP contribution in [0.15, 0.2) is 24.3 Å². The van der Waals surface area contributed by atoms with E-state index in [1.165, 1.54) is 0 Å². The number of amides is 1. The summed E-state index contributed by atoms with van der Waals surface area (Å²) >= 11 is 0. The van der Waals surface area contributed by atoms with Crippen molar-refractivity contribution in [1.82, 2.24) is 4.90 Å². The fourth-order valence-electron chi connectivity index (χ4n) is 4.05. The normalized spacial score (nSPS) is 31.8. The van der Waals surface area contributed by atoms with Crippen LogP contribution in [0.5, 0.6) is 11.5 Å². The van der Waals surface area contributed by atoms with Gasteiger partial charge in [0.1, 0.15) is 6.10 Å². The van der Waals surface area contributed by atoms with Crippen LogP contribution in [0.1, 0.15) is 24.0 Å². The molecular formula is C17H19NO4. The molecule has 4 rings (SSSR count).